The van der Waals surface area contributed by atoms with Crippen molar-refractivity contribution in [2.75, 3.05) is 0 Å². The average molecular weight is 252 g/mol. The van der Waals surface area contributed by atoms with Crippen molar-refractivity contribution in [2.45, 2.75) is 26.8 Å². The van der Waals surface area contributed by atoms with Gasteiger partial charge in [0.2, 0.25) is 0 Å². The van der Waals surface area contributed by atoms with E-state index in [-0.39, 0.29) is 6.04 Å². The van der Waals surface area contributed by atoms with Gasteiger partial charge in [-0.3, -0.25) is 4.98 Å². The summed E-state index contributed by atoms with van der Waals surface area (Å²) in [5.74, 6) is 0.908. The number of hydrogen-bond donors (Lipinski definition) is 0. The molecule has 0 aliphatic heterocycles. The first-order valence-electron chi connectivity index (χ1n) is 6.42. The van der Waals surface area contributed by atoms with E-state index in [0.29, 0.717) is 0 Å². The van der Waals surface area contributed by atoms with Gasteiger partial charge in [0.1, 0.15) is 6.33 Å². The SMILES string of the molecule is Cc1ccc2ncccc2c1-c1ncnn1C(C)C. The van der Waals surface area contributed by atoms with Crippen LogP contribution in [0, 0.1) is 6.92 Å². The molecule has 0 bridgehead atoms. The van der Waals surface area contributed by atoms with Crippen molar-refractivity contribution in [3.63, 3.8) is 0 Å². The molecule has 0 N–H and O–H groups in total. The fourth-order valence-electron chi connectivity index (χ4n) is 2.37. The van der Waals surface area contributed by atoms with E-state index in [2.05, 4.69) is 48.0 Å². The number of pyridine rings is 1. The minimum Gasteiger partial charge on any atom is -0.256 e. The topological polar surface area (TPSA) is 43.6 Å². The zero-order valence-corrected chi connectivity index (χ0v) is 11.3. The van der Waals surface area contributed by atoms with Gasteiger partial charge in [0.15, 0.2) is 5.82 Å². The molecule has 3 aromatic rings. The molecule has 0 aliphatic rings. The Bertz CT molecular complexity index is 728. The third-order valence-electron chi connectivity index (χ3n) is 3.28. The smallest absolute Gasteiger partial charge is 0.159 e. The summed E-state index contributed by atoms with van der Waals surface area (Å²) < 4.78 is 1.95. The first-order valence-corrected chi connectivity index (χ1v) is 6.42. The third-order valence-corrected chi connectivity index (χ3v) is 3.28. The van der Waals surface area contributed by atoms with Gasteiger partial charge in [0, 0.05) is 23.2 Å². The molecule has 0 atom stereocenters. The Hall–Kier alpha value is -2.23. The van der Waals surface area contributed by atoms with Crippen molar-refractivity contribution >= 4 is 10.9 Å². The summed E-state index contributed by atoms with van der Waals surface area (Å²) in [7, 11) is 0. The first kappa shape index (κ1) is 11.8. The van der Waals surface area contributed by atoms with E-state index < -0.39 is 0 Å². The minimum atomic E-state index is 0.281. The zero-order valence-electron chi connectivity index (χ0n) is 11.3. The van der Waals surface area contributed by atoms with Crippen LogP contribution < -0.4 is 0 Å². The van der Waals surface area contributed by atoms with Gasteiger partial charge in [0.05, 0.1) is 5.52 Å². The molecule has 2 aromatic heterocycles. The average Bonchev–Trinajstić information content (AvgIpc) is 2.87. The minimum absolute atomic E-state index is 0.281. The maximum atomic E-state index is 4.44. The third kappa shape index (κ3) is 1.89. The first-order chi connectivity index (χ1) is 9.18. The van der Waals surface area contributed by atoms with Gasteiger partial charge >= 0.3 is 0 Å². The summed E-state index contributed by atoms with van der Waals surface area (Å²) in [6.07, 6.45) is 3.43. The summed E-state index contributed by atoms with van der Waals surface area (Å²) in [5, 5.41) is 5.45. The summed E-state index contributed by atoms with van der Waals surface area (Å²) >= 11 is 0. The quantitative estimate of drug-likeness (QED) is 0.702. The van der Waals surface area contributed by atoms with E-state index in [1.54, 1.807) is 6.33 Å². The highest BCUT2D eigenvalue weighted by Crippen LogP contribution is 2.30. The number of aryl methyl sites for hydroxylation is 1. The van der Waals surface area contributed by atoms with Crippen molar-refractivity contribution in [2.24, 2.45) is 0 Å². The molecule has 0 aliphatic carbocycles. The lowest BCUT2D eigenvalue weighted by molar-refractivity contribution is 0.537. The number of nitrogens with zero attached hydrogens (tertiary/aromatic N) is 4. The van der Waals surface area contributed by atoms with E-state index in [9.17, 15) is 0 Å². The summed E-state index contributed by atoms with van der Waals surface area (Å²) in [4.78, 5) is 8.85. The van der Waals surface area contributed by atoms with Crippen molar-refractivity contribution in [3.05, 3.63) is 42.4 Å². The van der Waals surface area contributed by atoms with Crippen LogP contribution in [0.25, 0.3) is 22.3 Å². The summed E-state index contributed by atoms with van der Waals surface area (Å²) in [6.45, 7) is 6.31. The van der Waals surface area contributed by atoms with Gasteiger partial charge in [-0.2, -0.15) is 5.10 Å². The Kier molecular flexibility index (Phi) is 2.78. The van der Waals surface area contributed by atoms with Crippen LogP contribution >= 0.6 is 0 Å². The van der Waals surface area contributed by atoms with Crippen LogP contribution in [0.2, 0.25) is 0 Å². The normalized spacial score (nSPS) is 11.4. The molecule has 0 unspecified atom stereocenters. The standard InChI is InChI=1S/C15H16N4/c1-10(2)19-15(17-9-18-19)14-11(3)6-7-13-12(14)5-4-8-16-13/h4-10H,1-3H3. The number of fused-ring (bicyclic) bond motifs is 1. The molecule has 0 amide bonds. The van der Waals surface area contributed by atoms with E-state index in [1.807, 2.05) is 23.0 Å². The van der Waals surface area contributed by atoms with E-state index in [4.69, 9.17) is 0 Å². The van der Waals surface area contributed by atoms with E-state index >= 15 is 0 Å². The van der Waals surface area contributed by atoms with Crippen molar-refractivity contribution in [3.8, 4) is 11.4 Å². The molecule has 0 radical (unpaired) electrons. The fourth-order valence-corrected chi connectivity index (χ4v) is 2.37. The van der Waals surface area contributed by atoms with Crippen molar-refractivity contribution in [1.82, 2.24) is 19.7 Å². The lowest BCUT2D eigenvalue weighted by Gasteiger charge is -2.13. The van der Waals surface area contributed by atoms with Gasteiger partial charge < -0.3 is 0 Å². The largest absolute Gasteiger partial charge is 0.256 e. The second-order valence-electron chi connectivity index (χ2n) is 4.95. The highest BCUT2D eigenvalue weighted by molar-refractivity contribution is 5.94. The molecule has 19 heavy (non-hydrogen) atoms. The molecule has 0 saturated carbocycles. The van der Waals surface area contributed by atoms with Crippen LogP contribution in [0.5, 0.6) is 0 Å². The van der Waals surface area contributed by atoms with Crippen LogP contribution in [-0.2, 0) is 0 Å². The Morgan fingerprint density at radius 3 is 2.74 bits per heavy atom. The molecule has 0 spiro atoms. The van der Waals surface area contributed by atoms with Gasteiger partial charge in [0.25, 0.3) is 0 Å². The van der Waals surface area contributed by atoms with Gasteiger partial charge in [-0.15, -0.1) is 0 Å². The van der Waals surface area contributed by atoms with Crippen molar-refractivity contribution < 1.29 is 0 Å². The summed E-state index contributed by atoms with van der Waals surface area (Å²) in [5.41, 5.74) is 3.30. The fraction of sp³-hybridized carbons (Fsp3) is 0.267. The second-order valence-corrected chi connectivity index (χ2v) is 4.95. The highest BCUT2D eigenvalue weighted by Gasteiger charge is 2.15. The monoisotopic (exact) mass is 252 g/mol. The molecule has 0 fully saturated rings. The number of benzene rings is 1. The second kappa shape index (κ2) is 4.46. The Balaban J connectivity index is 2.35. The maximum absolute atomic E-state index is 4.44. The number of aromatic nitrogens is 4. The molecule has 4 nitrogen and oxygen atoms in total. The maximum Gasteiger partial charge on any atom is 0.159 e. The molecule has 96 valence electrons. The molecule has 1 aromatic carbocycles. The lowest BCUT2D eigenvalue weighted by atomic mass is 10.0. The lowest BCUT2D eigenvalue weighted by Crippen LogP contribution is -2.06. The Morgan fingerprint density at radius 1 is 1.11 bits per heavy atom. The molecule has 3 rings (SSSR count). The van der Waals surface area contributed by atoms with E-state index in [0.717, 1.165) is 22.3 Å². The van der Waals surface area contributed by atoms with Crippen LogP contribution in [0.15, 0.2) is 36.8 Å². The molecular formula is C15H16N4. The summed E-state index contributed by atoms with van der Waals surface area (Å²) in [6, 6.07) is 8.46. The van der Waals surface area contributed by atoms with E-state index in [1.165, 1.54) is 5.56 Å². The molecule has 4 heteroatoms. The molecular weight excluding hydrogens is 236 g/mol. The zero-order chi connectivity index (χ0) is 13.4. The van der Waals surface area contributed by atoms with Crippen LogP contribution in [-0.4, -0.2) is 19.7 Å². The predicted molar refractivity (Wildman–Crippen MR) is 75.9 cm³/mol. The number of hydrogen-bond acceptors (Lipinski definition) is 3. The van der Waals surface area contributed by atoms with Crippen LogP contribution in [0.4, 0.5) is 0 Å². The molecule has 2 heterocycles. The molecule has 0 saturated heterocycles. The predicted octanol–water partition coefficient (Wildman–Crippen LogP) is 3.38. The van der Waals surface area contributed by atoms with Gasteiger partial charge in [-0.05, 0) is 38.5 Å². The Morgan fingerprint density at radius 2 is 1.95 bits per heavy atom. The van der Waals surface area contributed by atoms with Crippen LogP contribution in [0.1, 0.15) is 25.5 Å². The van der Waals surface area contributed by atoms with Crippen molar-refractivity contribution in [1.29, 1.82) is 0 Å². The number of rotatable bonds is 2. The van der Waals surface area contributed by atoms with Gasteiger partial charge in [-0.1, -0.05) is 12.1 Å². The Labute approximate surface area is 112 Å². The van der Waals surface area contributed by atoms with Gasteiger partial charge in [-0.25, -0.2) is 9.67 Å². The van der Waals surface area contributed by atoms with Crippen LogP contribution in [0.3, 0.4) is 0 Å². The highest BCUT2D eigenvalue weighted by atomic mass is 15.3.